The van der Waals surface area contributed by atoms with Crippen LogP contribution in [0.5, 0.6) is 0 Å². The molecule has 150 valence electrons. The minimum atomic E-state index is -0.412. The topological polar surface area (TPSA) is 113 Å². The number of ether oxygens (including phenoxy) is 1. The Morgan fingerprint density at radius 2 is 2.00 bits per heavy atom. The van der Waals surface area contributed by atoms with E-state index in [4.69, 9.17) is 4.74 Å². The lowest BCUT2D eigenvalue weighted by Gasteiger charge is -2.25. The summed E-state index contributed by atoms with van der Waals surface area (Å²) in [4.78, 5) is 43.0. The molecule has 0 spiro atoms. The zero-order valence-electron chi connectivity index (χ0n) is 15.3. The van der Waals surface area contributed by atoms with Gasteiger partial charge >= 0.3 is 0 Å². The molecule has 28 heavy (non-hydrogen) atoms. The van der Waals surface area contributed by atoms with Crippen LogP contribution in [0, 0.1) is 6.92 Å². The van der Waals surface area contributed by atoms with E-state index in [0.717, 1.165) is 18.2 Å². The fourth-order valence-corrected chi connectivity index (χ4v) is 4.16. The first kappa shape index (κ1) is 20.2. The van der Waals surface area contributed by atoms with Gasteiger partial charge < -0.3 is 15.0 Å². The molecule has 9 nitrogen and oxygen atoms in total. The first-order valence-electron chi connectivity index (χ1n) is 8.74. The molecule has 0 bridgehead atoms. The second kappa shape index (κ2) is 9.62. The Balaban J connectivity index is 1.42. The van der Waals surface area contributed by atoms with Gasteiger partial charge in [-0.25, -0.2) is 4.98 Å². The number of nitrogens with zero attached hydrogens (tertiary/aromatic N) is 2. The van der Waals surface area contributed by atoms with E-state index < -0.39 is 11.8 Å². The van der Waals surface area contributed by atoms with Crippen molar-refractivity contribution >= 4 is 45.5 Å². The number of aryl methyl sites for hydroxylation is 1. The highest BCUT2D eigenvalue weighted by Crippen LogP contribution is 2.26. The number of thiophene rings is 1. The summed E-state index contributed by atoms with van der Waals surface area (Å²) in [5.41, 5.74) is 5.94. The molecular formula is C17H21N5O4S2. The van der Waals surface area contributed by atoms with Crippen molar-refractivity contribution in [3.05, 3.63) is 33.0 Å². The summed E-state index contributed by atoms with van der Waals surface area (Å²) in [5.74, 6) is -1.03. The van der Waals surface area contributed by atoms with Gasteiger partial charge in [0.2, 0.25) is 5.91 Å². The monoisotopic (exact) mass is 423 g/mol. The van der Waals surface area contributed by atoms with Crippen LogP contribution in [-0.4, -0.2) is 55.6 Å². The molecule has 1 aliphatic rings. The lowest BCUT2D eigenvalue weighted by Crippen LogP contribution is -2.42. The Morgan fingerprint density at radius 3 is 2.71 bits per heavy atom. The molecule has 1 aliphatic heterocycles. The van der Waals surface area contributed by atoms with Gasteiger partial charge in [-0.15, -0.1) is 0 Å². The van der Waals surface area contributed by atoms with Gasteiger partial charge in [-0.05, 0) is 18.4 Å². The molecule has 0 radical (unpaired) electrons. The van der Waals surface area contributed by atoms with Crippen LogP contribution < -0.4 is 21.1 Å². The van der Waals surface area contributed by atoms with Gasteiger partial charge in [-0.1, -0.05) is 11.3 Å². The molecule has 0 aliphatic carbocycles. The van der Waals surface area contributed by atoms with Crippen LogP contribution in [0.25, 0.3) is 0 Å². The summed E-state index contributed by atoms with van der Waals surface area (Å²) in [6.45, 7) is 4.69. The van der Waals surface area contributed by atoms with Gasteiger partial charge in [0, 0.05) is 37.0 Å². The molecule has 11 heteroatoms. The maximum absolute atomic E-state index is 12.3. The minimum Gasteiger partial charge on any atom is -0.378 e. The van der Waals surface area contributed by atoms with Crippen molar-refractivity contribution in [3.63, 3.8) is 0 Å². The summed E-state index contributed by atoms with van der Waals surface area (Å²) >= 11 is 2.71. The molecule has 3 heterocycles. The van der Waals surface area contributed by atoms with Crippen molar-refractivity contribution in [1.82, 2.24) is 21.2 Å². The molecule has 0 aromatic carbocycles. The number of morpholine rings is 1. The van der Waals surface area contributed by atoms with E-state index in [1.807, 2.05) is 5.38 Å². The van der Waals surface area contributed by atoms with E-state index in [1.165, 1.54) is 22.7 Å². The third-order valence-electron chi connectivity index (χ3n) is 4.01. The summed E-state index contributed by atoms with van der Waals surface area (Å²) < 4.78 is 5.32. The lowest BCUT2D eigenvalue weighted by molar-refractivity contribution is -0.121. The smallest absolute Gasteiger partial charge is 0.281 e. The second-order valence-electron chi connectivity index (χ2n) is 6.03. The number of carbonyl (C=O) groups is 3. The Kier molecular flexibility index (Phi) is 6.95. The number of thiazole rings is 1. The van der Waals surface area contributed by atoms with E-state index in [0.29, 0.717) is 29.3 Å². The maximum Gasteiger partial charge on any atom is 0.281 e. The van der Waals surface area contributed by atoms with Gasteiger partial charge in [-0.3, -0.25) is 25.2 Å². The Morgan fingerprint density at radius 1 is 1.21 bits per heavy atom. The fraction of sp³-hybridized carbons (Fsp3) is 0.412. The number of hydrogen-bond acceptors (Lipinski definition) is 8. The normalized spacial score (nSPS) is 13.8. The number of aromatic nitrogens is 1. The van der Waals surface area contributed by atoms with Crippen LogP contribution in [0.1, 0.15) is 32.1 Å². The number of rotatable bonds is 6. The molecule has 3 amide bonds. The third kappa shape index (κ3) is 5.27. The van der Waals surface area contributed by atoms with Crippen molar-refractivity contribution in [2.24, 2.45) is 0 Å². The van der Waals surface area contributed by atoms with Crippen LogP contribution in [0.4, 0.5) is 5.13 Å². The highest BCUT2D eigenvalue weighted by atomic mass is 32.1. The maximum atomic E-state index is 12.3. The molecule has 2 aromatic heterocycles. The number of amides is 3. The predicted octanol–water partition coefficient (Wildman–Crippen LogP) is 0.931. The third-order valence-corrected chi connectivity index (χ3v) is 5.91. The van der Waals surface area contributed by atoms with Gasteiger partial charge in [0.1, 0.15) is 4.88 Å². The SMILES string of the molecule is Cc1nc(N2CCOCC2)sc1C(=O)NNC(=O)CCNC(=O)c1ccsc1. The average Bonchev–Trinajstić information content (AvgIpc) is 3.37. The largest absolute Gasteiger partial charge is 0.378 e. The van der Waals surface area contributed by atoms with Gasteiger partial charge in [0.25, 0.3) is 11.8 Å². The van der Waals surface area contributed by atoms with Crippen molar-refractivity contribution < 1.29 is 19.1 Å². The molecule has 0 unspecified atom stereocenters. The van der Waals surface area contributed by atoms with E-state index in [9.17, 15) is 14.4 Å². The van der Waals surface area contributed by atoms with Crippen LogP contribution in [-0.2, 0) is 9.53 Å². The number of anilines is 1. The molecule has 2 aromatic rings. The summed E-state index contributed by atoms with van der Waals surface area (Å²) in [5, 5.41) is 6.97. The summed E-state index contributed by atoms with van der Waals surface area (Å²) in [6.07, 6.45) is 0.0524. The van der Waals surface area contributed by atoms with Gasteiger partial charge in [0.05, 0.1) is 18.9 Å². The zero-order valence-corrected chi connectivity index (χ0v) is 17.0. The van der Waals surface area contributed by atoms with E-state index >= 15 is 0 Å². The van der Waals surface area contributed by atoms with Crippen LogP contribution >= 0.6 is 22.7 Å². The van der Waals surface area contributed by atoms with E-state index in [1.54, 1.807) is 18.4 Å². The van der Waals surface area contributed by atoms with Crippen LogP contribution in [0.15, 0.2) is 16.8 Å². The lowest BCUT2D eigenvalue weighted by atomic mass is 10.3. The zero-order chi connectivity index (χ0) is 19.9. The Bertz CT molecular complexity index is 831. The highest BCUT2D eigenvalue weighted by Gasteiger charge is 2.20. The summed E-state index contributed by atoms with van der Waals surface area (Å²) in [6, 6.07) is 1.71. The number of hydrogen-bond donors (Lipinski definition) is 3. The van der Waals surface area contributed by atoms with Crippen molar-refractivity contribution in [2.45, 2.75) is 13.3 Å². The van der Waals surface area contributed by atoms with Crippen molar-refractivity contribution in [2.75, 3.05) is 37.7 Å². The molecule has 1 saturated heterocycles. The Hall–Kier alpha value is -2.50. The molecule has 0 saturated carbocycles. The fourth-order valence-electron chi connectivity index (χ4n) is 2.51. The molecule has 3 rings (SSSR count). The molecule has 3 N–H and O–H groups in total. The standard InChI is InChI=1S/C17H21N5O4S2/c1-11-14(28-17(19-11)22-5-7-26-8-6-22)16(25)21-20-13(23)2-4-18-15(24)12-3-9-27-10-12/h3,9-10H,2,4-8H2,1H3,(H,18,24)(H,20,23)(H,21,25). The highest BCUT2D eigenvalue weighted by molar-refractivity contribution is 7.17. The predicted molar refractivity (Wildman–Crippen MR) is 107 cm³/mol. The van der Waals surface area contributed by atoms with E-state index in [-0.39, 0.29) is 18.9 Å². The molecule has 0 atom stereocenters. The first-order valence-corrected chi connectivity index (χ1v) is 10.5. The average molecular weight is 424 g/mol. The number of carbonyl (C=O) groups excluding carboxylic acids is 3. The van der Waals surface area contributed by atoms with Crippen LogP contribution in [0.3, 0.4) is 0 Å². The van der Waals surface area contributed by atoms with E-state index in [2.05, 4.69) is 26.1 Å². The van der Waals surface area contributed by atoms with Crippen molar-refractivity contribution in [3.8, 4) is 0 Å². The van der Waals surface area contributed by atoms with Gasteiger partial charge in [0.15, 0.2) is 5.13 Å². The Labute approximate surface area is 170 Å². The quantitative estimate of drug-likeness (QED) is 0.596. The van der Waals surface area contributed by atoms with Crippen LogP contribution in [0.2, 0.25) is 0 Å². The number of hydrazine groups is 1. The van der Waals surface area contributed by atoms with Gasteiger partial charge in [-0.2, -0.15) is 11.3 Å². The molecular weight excluding hydrogens is 402 g/mol. The first-order chi connectivity index (χ1) is 13.5. The second-order valence-corrected chi connectivity index (χ2v) is 7.79. The minimum absolute atomic E-state index is 0.0524. The molecule has 1 fully saturated rings. The summed E-state index contributed by atoms with van der Waals surface area (Å²) in [7, 11) is 0. The number of nitrogens with one attached hydrogen (secondary N) is 3. The van der Waals surface area contributed by atoms with Crippen molar-refractivity contribution in [1.29, 1.82) is 0 Å².